The van der Waals surface area contributed by atoms with Gasteiger partial charge in [-0.1, -0.05) is 6.92 Å². The Morgan fingerprint density at radius 2 is 2.04 bits per heavy atom. The van der Waals surface area contributed by atoms with Crippen molar-refractivity contribution in [2.45, 2.75) is 26.3 Å². The lowest BCUT2D eigenvalue weighted by Crippen LogP contribution is -2.19. The Bertz CT molecular complexity index is 736. The van der Waals surface area contributed by atoms with Gasteiger partial charge in [0.1, 0.15) is 18.9 Å². The number of rotatable bonds is 5. The van der Waals surface area contributed by atoms with Crippen molar-refractivity contribution in [3.8, 4) is 11.5 Å². The molecule has 2 aromatic rings. The summed E-state index contributed by atoms with van der Waals surface area (Å²) in [6.07, 6.45) is 2.51. The Kier molecular flexibility index (Phi) is 4.79. The molecule has 1 aromatic heterocycles. The minimum absolute atomic E-state index is 0.237. The first-order chi connectivity index (χ1) is 11.7. The van der Waals surface area contributed by atoms with Gasteiger partial charge in [-0.25, -0.2) is 9.97 Å². The van der Waals surface area contributed by atoms with Crippen LogP contribution in [-0.4, -0.2) is 35.1 Å². The standard InChI is InChI=1S/C17H20N4O3/c1-3-11(2)19-17-18-7-6-13(21-17)16(22)20-12-4-5-14-15(10-12)24-9-8-23-14/h4-7,10-11H,3,8-9H2,1-2H3,(H,20,22)(H,18,19,21). The van der Waals surface area contributed by atoms with Crippen molar-refractivity contribution in [3.05, 3.63) is 36.2 Å². The van der Waals surface area contributed by atoms with Crippen LogP contribution in [0.2, 0.25) is 0 Å². The number of anilines is 2. The van der Waals surface area contributed by atoms with E-state index in [9.17, 15) is 4.79 Å². The molecule has 0 aliphatic carbocycles. The number of benzene rings is 1. The highest BCUT2D eigenvalue weighted by atomic mass is 16.6. The fourth-order valence-electron chi connectivity index (χ4n) is 2.19. The van der Waals surface area contributed by atoms with Gasteiger partial charge in [0.15, 0.2) is 11.5 Å². The molecule has 1 unspecified atom stereocenters. The third-order valence-electron chi connectivity index (χ3n) is 3.68. The zero-order valence-corrected chi connectivity index (χ0v) is 13.7. The summed E-state index contributed by atoms with van der Waals surface area (Å²) in [5.41, 5.74) is 0.921. The van der Waals surface area contributed by atoms with Crippen LogP contribution in [-0.2, 0) is 0 Å². The lowest BCUT2D eigenvalue weighted by atomic mass is 10.2. The van der Waals surface area contributed by atoms with E-state index in [1.54, 1.807) is 30.5 Å². The molecule has 0 spiro atoms. The molecule has 0 saturated heterocycles. The van der Waals surface area contributed by atoms with Crippen LogP contribution in [0.25, 0.3) is 0 Å². The van der Waals surface area contributed by atoms with Gasteiger partial charge in [0.25, 0.3) is 5.91 Å². The minimum atomic E-state index is -0.304. The normalized spacial score (nSPS) is 13.9. The van der Waals surface area contributed by atoms with Crippen LogP contribution in [0.3, 0.4) is 0 Å². The second-order valence-corrected chi connectivity index (χ2v) is 5.53. The smallest absolute Gasteiger partial charge is 0.274 e. The Morgan fingerprint density at radius 3 is 2.83 bits per heavy atom. The average molecular weight is 328 g/mol. The molecule has 0 fully saturated rings. The first-order valence-corrected chi connectivity index (χ1v) is 7.96. The predicted octanol–water partition coefficient (Wildman–Crippen LogP) is 2.71. The summed E-state index contributed by atoms with van der Waals surface area (Å²) < 4.78 is 11.0. The molecule has 126 valence electrons. The van der Waals surface area contributed by atoms with E-state index in [0.29, 0.717) is 42.0 Å². The fraction of sp³-hybridized carbons (Fsp3) is 0.353. The number of carbonyl (C=O) groups excluding carboxylic acids is 1. The van der Waals surface area contributed by atoms with Gasteiger partial charge in [-0.05, 0) is 31.5 Å². The summed E-state index contributed by atoms with van der Waals surface area (Å²) in [4.78, 5) is 20.8. The van der Waals surface area contributed by atoms with E-state index in [1.165, 1.54) is 0 Å². The van der Waals surface area contributed by atoms with E-state index in [-0.39, 0.29) is 11.9 Å². The largest absolute Gasteiger partial charge is 0.486 e. The molecule has 24 heavy (non-hydrogen) atoms. The van der Waals surface area contributed by atoms with Crippen molar-refractivity contribution >= 4 is 17.5 Å². The zero-order chi connectivity index (χ0) is 16.9. The molecule has 7 nitrogen and oxygen atoms in total. The molecular formula is C17H20N4O3. The number of nitrogens with one attached hydrogen (secondary N) is 2. The summed E-state index contributed by atoms with van der Waals surface area (Å²) >= 11 is 0. The first-order valence-electron chi connectivity index (χ1n) is 7.96. The molecule has 1 aliphatic rings. The quantitative estimate of drug-likeness (QED) is 0.878. The van der Waals surface area contributed by atoms with Crippen molar-refractivity contribution in [1.29, 1.82) is 0 Å². The Morgan fingerprint density at radius 1 is 1.25 bits per heavy atom. The van der Waals surface area contributed by atoms with Crippen LogP contribution in [0.4, 0.5) is 11.6 Å². The van der Waals surface area contributed by atoms with Gasteiger partial charge >= 0.3 is 0 Å². The molecule has 0 bridgehead atoms. The van der Waals surface area contributed by atoms with Crippen molar-refractivity contribution < 1.29 is 14.3 Å². The average Bonchev–Trinajstić information content (AvgIpc) is 2.61. The number of ether oxygens (including phenoxy) is 2. The van der Waals surface area contributed by atoms with Gasteiger partial charge in [-0.15, -0.1) is 0 Å². The lowest BCUT2D eigenvalue weighted by Gasteiger charge is -2.19. The van der Waals surface area contributed by atoms with Gasteiger partial charge < -0.3 is 20.1 Å². The highest BCUT2D eigenvalue weighted by Crippen LogP contribution is 2.32. The molecule has 0 saturated carbocycles. The third kappa shape index (κ3) is 3.73. The number of hydrogen-bond acceptors (Lipinski definition) is 6. The van der Waals surface area contributed by atoms with Crippen LogP contribution >= 0.6 is 0 Å². The zero-order valence-electron chi connectivity index (χ0n) is 13.7. The minimum Gasteiger partial charge on any atom is -0.486 e. The molecule has 2 heterocycles. The van der Waals surface area contributed by atoms with E-state index in [0.717, 1.165) is 6.42 Å². The number of aromatic nitrogens is 2. The number of fused-ring (bicyclic) bond motifs is 1. The van der Waals surface area contributed by atoms with Crippen molar-refractivity contribution in [3.63, 3.8) is 0 Å². The van der Waals surface area contributed by atoms with Crippen LogP contribution in [0.1, 0.15) is 30.8 Å². The molecule has 0 radical (unpaired) electrons. The summed E-state index contributed by atoms with van der Waals surface area (Å²) in [5.74, 6) is 1.45. The maximum absolute atomic E-state index is 12.4. The molecule has 1 atom stereocenters. The van der Waals surface area contributed by atoms with Crippen LogP contribution in [0.5, 0.6) is 11.5 Å². The fourth-order valence-corrected chi connectivity index (χ4v) is 2.19. The molecule has 1 aromatic carbocycles. The molecule has 3 rings (SSSR count). The number of hydrogen-bond donors (Lipinski definition) is 2. The summed E-state index contributed by atoms with van der Waals surface area (Å²) in [6, 6.07) is 7.10. The highest BCUT2D eigenvalue weighted by molar-refractivity contribution is 6.03. The summed E-state index contributed by atoms with van der Waals surface area (Å²) in [7, 11) is 0. The number of amides is 1. The maximum atomic E-state index is 12.4. The van der Waals surface area contributed by atoms with E-state index in [2.05, 4.69) is 27.5 Å². The van der Waals surface area contributed by atoms with Crippen molar-refractivity contribution in [1.82, 2.24) is 9.97 Å². The summed E-state index contributed by atoms with van der Waals surface area (Å²) in [5, 5.41) is 5.96. The highest BCUT2D eigenvalue weighted by Gasteiger charge is 2.14. The second-order valence-electron chi connectivity index (χ2n) is 5.53. The van der Waals surface area contributed by atoms with Gasteiger partial charge in [-0.3, -0.25) is 4.79 Å². The monoisotopic (exact) mass is 328 g/mol. The van der Waals surface area contributed by atoms with Crippen molar-refractivity contribution in [2.75, 3.05) is 23.8 Å². The number of carbonyl (C=O) groups is 1. The summed E-state index contributed by atoms with van der Waals surface area (Å²) in [6.45, 7) is 5.13. The van der Waals surface area contributed by atoms with E-state index in [1.807, 2.05) is 6.92 Å². The van der Waals surface area contributed by atoms with Crippen LogP contribution in [0, 0.1) is 0 Å². The Balaban J connectivity index is 1.72. The number of nitrogens with zero attached hydrogens (tertiary/aromatic N) is 2. The van der Waals surface area contributed by atoms with Gasteiger partial charge in [0, 0.05) is 24.0 Å². The van der Waals surface area contributed by atoms with E-state index >= 15 is 0 Å². The Hall–Kier alpha value is -2.83. The molecule has 1 aliphatic heterocycles. The molecule has 7 heteroatoms. The van der Waals surface area contributed by atoms with E-state index < -0.39 is 0 Å². The molecular weight excluding hydrogens is 308 g/mol. The van der Waals surface area contributed by atoms with E-state index in [4.69, 9.17) is 9.47 Å². The maximum Gasteiger partial charge on any atom is 0.274 e. The van der Waals surface area contributed by atoms with Crippen LogP contribution in [0.15, 0.2) is 30.5 Å². The third-order valence-corrected chi connectivity index (χ3v) is 3.68. The van der Waals surface area contributed by atoms with Crippen molar-refractivity contribution in [2.24, 2.45) is 0 Å². The SMILES string of the molecule is CCC(C)Nc1nccc(C(=O)Nc2ccc3c(c2)OCCO3)n1. The Labute approximate surface area is 140 Å². The van der Waals surface area contributed by atoms with Gasteiger partial charge in [0.05, 0.1) is 0 Å². The predicted molar refractivity (Wildman–Crippen MR) is 90.8 cm³/mol. The lowest BCUT2D eigenvalue weighted by molar-refractivity contribution is 0.102. The topological polar surface area (TPSA) is 85.4 Å². The second kappa shape index (κ2) is 7.16. The van der Waals surface area contributed by atoms with Crippen LogP contribution < -0.4 is 20.1 Å². The first kappa shape index (κ1) is 16.0. The van der Waals surface area contributed by atoms with Gasteiger partial charge in [0.2, 0.25) is 5.95 Å². The molecule has 2 N–H and O–H groups in total. The molecule has 1 amide bonds. The van der Waals surface area contributed by atoms with Gasteiger partial charge in [-0.2, -0.15) is 0 Å².